The molecule has 1 aromatic rings. The lowest BCUT2D eigenvalue weighted by Crippen LogP contribution is -2.35. The molecule has 2 heteroatoms. The second-order valence-electron chi connectivity index (χ2n) is 6.30. The molecule has 1 unspecified atom stereocenters. The van der Waals surface area contributed by atoms with Gasteiger partial charge in [-0.1, -0.05) is 30.3 Å². The number of benzene rings is 1. The predicted molar refractivity (Wildman–Crippen MR) is 80.3 cm³/mol. The zero-order valence-electron chi connectivity index (χ0n) is 11.9. The first-order valence-electron chi connectivity index (χ1n) is 7.87. The molecule has 104 valence electrons. The highest BCUT2D eigenvalue weighted by Gasteiger charge is 2.25. The van der Waals surface area contributed by atoms with Crippen LogP contribution in [0.3, 0.4) is 0 Å². The summed E-state index contributed by atoms with van der Waals surface area (Å²) < 4.78 is 0. The third-order valence-corrected chi connectivity index (χ3v) is 4.71. The third kappa shape index (κ3) is 3.80. The molecule has 0 amide bonds. The molecule has 1 atom stereocenters. The fraction of sp³-hybridized carbons (Fsp3) is 0.647. The molecule has 0 spiro atoms. The maximum Gasteiger partial charge on any atom is 0.00134 e. The molecule has 19 heavy (non-hydrogen) atoms. The van der Waals surface area contributed by atoms with Crippen molar-refractivity contribution in [2.75, 3.05) is 32.7 Å². The van der Waals surface area contributed by atoms with Crippen molar-refractivity contribution in [1.29, 1.82) is 0 Å². The highest BCUT2D eigenvalue weighted by atomic mass is 15.1. The number of piperidine rings is 1. The smallest absolute Gasteiger partial charge is 0.00134 e. The molecule has 2 saturated heterocycles. The molecule has 2 nitrogen and oxygen atoms in total. The van der Waals surface area contributed by atoms with Crippen molar-refractivity contribution >= 4 is 0 Å². The van der Waals surface area contributed by atoms with Crippen molar-refractivity contribution in [1.82, 2.24) is 10.2 Å². The van der Waals surface area contributed by atoms with Gasteiger partial charge >= 0.3 is 0 Å². The third-order valence-electron chi connectivity index (χ3n) is 4.71. The summed E-state index contributed by atoms with van der Waals surface area (Å²) >= 11 is 0. The van der Waals surface area contributed by atoms with Gasteiger partial charge in [0, 0.05) is 13.1 Å². The minimum atomic E-state index is 0.879. The maximum atomic E-state index is 3.46. The zero-order valence-corrected chi connectivity index (χ0v) is 11.9. The van der Waals surface area contributed by atoms with E-state index in [4.69, 9.17) is 0 Å². The summed E-state index contributed by atoms with van der Waals surface area (Å²) in [6.45, 7) is 6.44. The molecule has 1 aromatic carbocycles. The van der Waals surface area contributed by atoms with Crippen LogP contribution in [0.5, 0.6) is 0 Å². The van der Waals surface area contributed by atoms with E-state index in [0.717, 1.165) is 11.8 Å². The molecule has 3 rings (SSSR count). The average Bonchev–Trinajstić information content (AvgIpc) is 2.88. The van der Waals surface area contributed by atoms with E-state index in [1.165, 1.54) is 64.0 Å². The van der Waals surface area contributed by atoms with Gasteiger partial charge in [0.1, 0.15) is 0 Å². The molecule has 2 fully saturated rings. The van der Waals surface area contributed by atoms with Gasteiger partial charge < -0.3 is 10.2 Å². The molecular formula is C17H26N2. The highest BCUT2D eigenvalue weighted by Crippen LogP contribution is 2.23. The standard InChI is InChI=1S/C17H26N2/c1-2-4-15(5-3-1)12-17-8-11-19(14-17)13-16-6-9-18-10-7-16/h1-5,16-18H,6-14H2. The van der Waals surface area contributed by atoms with Crippen LogP contribution in [-0.2, 0) is 6.42 Å². The Bertz CT molecular complexity index is 370. The highest BCUT2D eigenvalue weighted by molar-refractivity contribution is 5.15. The van der Waals surface area contributed by atoms with Crippen molar-refractivity contribution in [3.05, 3.63) is 35.9 Å². The summed E-state index contributed by atoms with van der Waals surface area (Å²) in [5.74, 6) is 1.82. The van der Waals surface area contributed by atoms with E-state index in [-0.39, 0.29) is 0 Å². The monoisotopic (exact) mass is 258 g/mol. The number of hydrogen-bond acceptors (Lipinski definition) is 2. The molecule has 2 aliphatic rings. The second kappa shape index (κ2) is 6.53. The van der Waals surface area contributed by atoms with Gasteiger partial charge in [-0.05, 0) is 62.7 Å². The second-order valence-corrected chi connectivity index (χ2v) is 6.30. The summed E-state index contributed by atoms with van der Waals surface area (Å²) in [6, 6.07) is 11.0. The Balaban J connectivity index is 1.44. The van der Waals surface area contributed by atoms with Crippen molar-refractivity contribution in [3.63, 3.8) is 0 Å². The topological polar surface area (TPSA) is 15.3 Å². The number of rotatable bonds is 4. The molecule has 0 aromatic heterocycles. The molecule has 2 aliphatic heterocycles. The summed E-state index contributed by atoms with van der Waals surface area (Å²) in [4.78, 5) is 2.71. The van der Waals surface area contributed by atoms with Gasteiger partial charge in [0.05, 0.1) is 0 Å². The fourth-order valence-corrected chi connectivity index (χ4v) is 3.62. The van der Waals surface area contributed by atoms with Crippen LogP contribution in [-0.4, -0.2) is 37.6 Å². The van der Waals surface area contributed by atoms with E-state index in [2.05, 4.69) is 40.5 Å². The van der Waals surface area contributed by atoms with Crippen LogP contribution < -0.4 is 5.32 Å². The molecule has 0 aliphatic carbocycles. The molecule has 0 radical (unpaired) electrons. The van der Waals surface area contributed by atoms with Crippen LogP contribution in [0.25, 0.3) is 0 Å². The average molecular weight is 258 g/mol. The SMILES string of the molecule is c1ccc(CC2CCN(CC3CCNCC3)C2)cc1. The van der Waals surface area contributed by atoms with E-state index < -0.39 is 0 Å². The fourth-order valence-electron chi connectivity index (χ4n) is 3.62. The van der Waals surface area contributed by atoms with E-state index in [0.29, 0.717) is 0 Å². The number of likely N-dealkylation sites (tertiary alicyclic amines) is 1. The van der Waals surface area contributed by atoms with Crippen LogP contribution in [0, 0.1) is 11.8 Å². The molecule has 1 N–H and O–H groups in total. The van der Waals surface area contributed by atoms with Crippen LogP contribution in [0.4, 0.5) is 0 Å². The van der Waals surface area contributed by atoms with Crippen molar-refractivity contribution in [2.24, 2.45) is 11.8 Å². The van der Waals surface area contributed by atoms with E-state index in [9.17, 15) is 0 Å². The quantitative estimate of drug-likeness (QED) is 0.893. The van der Waals surface area contributed by atoms with Gasteiger partial charge in [0.15, 0.2) is 0 Å². The summed E-state index contributed by atoms with van der Waals surface area (Å²) in [5.41, 5.74) is 1.51. The van der Waals surface area contributed by atoms with Gasteiger partial charge in [0.25, 0.3) is 0 Å². The first kappa shape index (κ1) is 13.1. The van der Waals surface area contributed by atoms with Crippen LogP contribution in [0.15, 0.2) is 30.3 Å². The van der Waals surface area contributed by atoms with Crippen LogP contribution in [0.1, 0.15) is 24.8 Å². The first-order chi connectivity index (χ1) is 9.40. The lowest BCUT2D eigenvalue weighted by molar-refractivity contribution is 0.234. The first-order valence-corrected chi connectivity index (χ1v) is 7.87. The van der Waals surface area contributed by atoms with E-state index >= 15 is 0 Å². The van der Waals surface area contributed by atoms with Gasteiger partial charge in [-0.15, -0.1) is 0 Å². The van der Waals surface area contributed by atoms with Crippen molar-refractivity contribution in [2.45, 2.75) is 25.7 Å². The Morgan fingerprint density at radius 2 is 1.79 bits per heavy atom. The number of nitrogens with one attached hydrogen (secondary N) is 1. The van der Waals surface area contributed by atoms with Crippen LogP contribution >= 0.6 is 0 Å². The summed E-state index contributed by atoms with van der Waals surface area (Å²) in [6.07, 6.45) is 5.41. The van der Waals surface area contributed by atoms with Crippen LogP contribution in [0.2, 0.25) is 0 Å². The van der Waals surface area contributed by atoms with Gasteiger partial charge in [-0.3, -0.25) is 0 Å². The Morgan fingerprint density at radius 3 is 2.58 bits per heavy atom. The maximum absolute atomic E-state index is 3.46. The minimum Gasteiger partial charge on any atom is -0.317 e. The van der Waals surface area contributed by atoms with E-state index in [1.807, 2.05) is 0 Å². The Hall–Kier alpha value is -0.860. The number of nitrogens with zero attached hydrogens (tertiary/aromatic N) is 1. The Kier molecular flexibility index (Phi) is 4.52. The van der Waals surface area contributed by atoms with Gasteiger partial charge in [0.2, 0.25) is 0 Å². The van der Waals surface area contributed by atoms with Crippen molar-refractivity contribution in [3.8, 4) is 0 Å². The summed E-state index contributed by atoms with van der Waals surface area (Å²) in [5, 5.41) is 3.46. The molecule has 0 saturated carbocycles. The molecule has 0 bridgehead atoms. The van der Waals surface area contributed by atoms with Gasteiger partial charge in [-0.2, -0.15) is 0 Å². The number of hydrogen-bond donors (Lipinski definition) is 1. The van der Waals surface area contributed by atoms with E-state index in [1.54, 1.807) is 0 Å². The normalized spacial score (nSPS) is 25.8. The molecule has 2 heterocycles. The Morgan fingerprint density at radius 1 is 1.00 bits per heavy atom. The summed E-state index contributed by atoms with van der Waals surface area (Å²) in [7, 11) is 0. The predicted octanol–water partition coefficient (Wildman–Crippen LogP) is 2.55. The largest absolute Gasteiger partial charge is 0.317 e. The van der Waals surface area contributed by atoms with Crippen molar-refractivity contribution < 1.29 is 0 Å². The van der Waals surface area contributed by atoms with Gasteiger partial charge in [-0.25, -0.2) is 0 Å². The lowest BCUT2D eigenvalue weighted by atomic mass is 9.97. The zero-order chi connectivity index (χ0) is 12.9. The minimum absolute atomic E-state index is 0.879. The lowest BCUT2D eigenvalue weighted by Gasteiger charge is -2.27. The Labute approximate surface area is 117 Å². The molecular weight excluding hydrogens is 232 g/mol.